The third-order valence-corrected chi connectivity index (χ3v) is 4.58. The maximum Gasteiger partial charge on any atom is 0.321 e. The molecule has 1 aromatic heterocycles. The van der Waals surface area contributed by atoms with Crippen molar-refractivity contribution in [3.05, 3.63) is 22.4 Å². The predicted octanol–water partition coefficient (Wildman–Crippen LogP) is 1.23. The van der Waals surface area contributed by atoms with Gasteiger partial charge in [0.1, 0.15) is 0 Å². The zero-order valence-corrected chi connectivity index (χ0v) is 13.9. The molecular formula is C15H23N3O3S. The minimum Gasteiger partial charge on any atom is -0.378 e. The molecule has 1 aliphatic rings. The summed E-state index contributed by atoms with van der Waals surface area (Å²) in [6.45, 7) is 6.68. The van der Waals surface area contributed by atoms with Crippen molar-refractivity contribution in [3.63, 3.8) is 0 Å². The Morgan fingerprint density at radius 3 is 2.95 bits per heavy atom. The molecule has 7 heteroatoms. The zero-order valence-electron chi connectivity index (χ0n) is 13.1. The first-order chi connectivity index (χ1) is 10.5. The molecule has 0 saturated carbocycles. The highest BCUT2D eigenvalue weighted by Gasteiger charge is 2.31. The summed E-state index contributed by atoms with van der Waals surface area (Å²) in [4.78, 5) is 26.9. The third-order valence-electron chi connectivity index (χ3n) is 3.64. The highest BCUT2D eigenvalue weighted by Crippen LogP contribution is 2.18. The summed E-state index contributed by atoms with van der Waals surface area (Å²) < 4.78 is 5.41. The molecule has 0 aromatic carbocycles. The minimum absolute atomic E-state index is 0.189. The Labute approximate surface area is 134 Å². The second-order valence-electron chi connectivity index (χ2n) is 5.92. The van der Waals surface area contributed by atoms with Crippen molar-refractivity contribution in [2.45, 2.75) is 25.8 Å². The SMILES string of the molecule is CC1(C)COCCN1CC(=O)NC(=O)NCCc1cccs1. The van der Waals surface area contributed by atoms with E-state index in [1.54, 1.807) is 11.3 Å². The Morgan fingerprint density at radius 2 is 2.27 bits per heavy atom. The van der Waals surface area contributed by atoms with Crippen LogP contribution in [0.2, 0.25) is 0 Å². The molecule has 0 aliphatic carbocycles. The molecule has 2 rings (SSSR count). The van der Waals surface area contributed by atoms with Crippen LogP contribution >= 0.6 is 11.3 Å². The molecule has 1 aromatic rings. The van der Waals surface area contributed by atoms with Crippen LogP contribution in [0.4, 0.5) is 4.79 Å². The summed E-state index contributed by atoms with van der Waals surface area (Å²) in [7, 11) is 0. The van der Waals surface area contributed by atoms with E-state index in [0.717, 1.165) is 6.42 Å². The summed E-state index contributed by atoms with van der Waals surface area (Å²) in [5.41, 5.74) is -0.189. The van der Waals surface area contributed by atoms with Gasteiger partial charge in [-0.2, -0.15) is 0 Å². The van der Waals surface area contributed by atoms with Crippen molar-refractivity contribution < 1.29 is 14.3 Å². The Morgan fingerprint density at radius 1 is 1.45 bits per heavy atom. The molecule has 0 unspecified atom stereocenters. The van der Waals surface area contributed by atoms with E-state index in [-0.39, 0.29) is 18.0 Å². The van der Waals surface area contributed by atoms with Crippen LogP contribution in [0.25, 0.3) is 0 Å². The molecular weight excluding hydrogens is 302 g/mol. The fourth-order valence-corrected chi connectivity index (χ4v) is 3.03. The first-order valence-electron chi connectivity index (χ1n) is 7.40. The average Bonchev–Trinajstić information content (AvgIpc) is 2.94. The van der Waals surface area contributed by atoms with Crippen molar-refractivity contribution in [3.8, 4) is 0 Å². The van der Waals surface area contributed by atoms with Crippen LogP contribution in [-0.2, 0) is 16.0 Å². The molecule has 3 amide bonds. The summed E-state index contributed by atoms with van der Waals surface area (Å²) in [6.07, 6.45) is 0.774. The number of thiophene rings is 1. The molecule has 2 N–H and O–H groups in total. The highest BCUT2D eigenvalue weighted by molar-refractivity contribution is 7.09. The maximum atomic E-state index is 11.9. The Balaban J connectivity index is 1.68. The number of rotatable bonds is 5. The molecule has 6 nitrogen and oxygen atoms in total. The van der Waals surface area contributed by atoms with Gasteiger partial charge in [-0.3, -0.25) is 15.0 Å². The highest BCUT2D eigenvalue weighted by atomic mass is 32.1. The lowest BCUT2D eigenvalue weighted by Gasteiger charge is -2.41. The van der Waals surface area contributed by atoms with Gasteiger partial charge < -0.3 is 10.1 Å². The van der Waals surface area contributed by atoms with Crippen molar-refractivity contribution >= 4 is 23.3 Å². The third kappa shape index (κ3) is 5.08. The first-order valence-corrected chi connectivity index (χ1v) is 8.28. The number of amides is 3. The number of imide groups is 1. The van der Waals surface area contributed by atoms with Crippen LogP contribution in [-0.4, -0.2) is 55.2 Å². The zero-order chi connectivity index (χ0) is 16.0. The van der Waals surface area contributed by atoms with E-state index in [0.29, 0.717) is 26.3 Å². The van der Waals surface area contributed by atoms with Crippen molar-refractivity contribution in [2.75, 3.05) is 32.8 Å². The summed E-state index contributed by atoms with van der Waals surface area (Å²) in [5.74, 6) is -0.288. The number of carbonyl (C=O) groups excluding carboxylic acids is 2. The van der Waals surface area contributed by atoms with E-state index in [4.69, 9.17) is 4.74 Å². The normalized spacial score (nSPS) is 17.9. The number of hydrogen-bond acceptors (Lipinski definition) is 5. The second-order valence-corrected chi connectivity index (χ2v) is 6.95. The number of ether oxygens (including phenoxy) is 1. The van der Waals surface area contributed by atoms with Crippen LogP contribution in [0.3, 0.4) is 0 Å². The number of morpholine rings is 1. The summed E-state index contributed by atoms with van der Waals surface area (Å²) in [6, 6.07) is 3.57. The maximum absolute atomic E-state index is 11.9. The largest absolute Gasteiger partial charge is 0.378 e. The molecule has 0 spiro atoms. The van der Waals surface area contributed by atoms with Gasteiger partial charge in [0.15, 0.2) is 0 Å². The lowest BCUT2D eigenvalue weighted by atomic mass is 10.0. The van der Waals surface area contributed by atoms with E-state index in [1.807, 2.05) is 36.3 Å². The van der Waals surface area contributed by atoms with Gasteiger partial charge in [0.05, 0.1) is 19.8 Å². The van der Waals surface area contributed by atoms with Crippen LogP contribution < -0.4 is 10.6 Å². The number of urea groups is 1. The van der Waals surface area contributed by atoms with Gasteiger partial charge in [-0.15, -0.1) is 11.3 Å². The number of nitrogens with zero attached hydrogens (tertiary/aromatic N) is 1. The number of nitrogens with one attached hydrogen (secondary N) is 2. The van der Waals surface area contributed by atoms with Crippen molar-refractivity contribution in [2.24, 2.45) is 0 Å². The van der Waals surface area contributed by atoms with Gasteiger partial charge in [-0.05, 0) is 31.7 Å². The molecule has 1 saturated heterocycles. The van der Waals surface area contributed by atoms with E-state index in [9.17, 15) is 9.59 Å². The molecule has 22 heavy (non-hydrogen) atoms. The first kappa shape index (κ1) is 16.9. The molecule has 1 aliphatic heterocycles. The fraction of sp³-hybridized carbons (Fsp3) is 0.600. The average molecular weight is 325 g/mol. The molecule has 0 radical (unpaired) electrons. The van der Waals surface area contributed by atoms with Crippen molar-refractivity contribution in [1.29, 1.82) is 0 Å². The topological polar surface area (TPSA) is 70.7 Å². The van der Waals surface area contributed by atoms with Gasteiger partial charge in [0.2, 0.25) is 5.91 Å². The van der Waals surface area contributed by atoms with Gasteiger partial charge in [0, 0.05) is 23.5 Å². The number of carbonyl (C=O) groups is 2. The number of hydrogen-bond donors (Lipinski definition) is 2. The lowest BCUT2D eigenvalue weighted by molar-refractivity contribution is -0.126. The van der Waals surface area contributed by atoms with E-state index in [1.165, 1.54) is 4.88 Å². The van der Waals surface area contributed by atoms with E-state index < -0.39 is 6.03 Å². The Bertz CT molecular complexity index is 502. The molecule has 0 atom stereocenters. The van der Waals surface area contributed by atoms with Crippen LogP contribution in [0, 0.1) is 0 Å². The summed E-state index contributed by atoms with van der Waals surface area (Å²) in [5, 5.41) is 7.08. The van der Waals surface area contributed by atoms with Gasteiger partial charge in [0.25, 0.3) is 0 Å². The molecule has 2 heterocycles. The van der Waals surface area contributed by atoms with Crippen LogP contribution in [0.15, 0.2) is 17.5 Å². The second kappa shape index (κ2) is 7.71. The monoisotopic (exact) mass is 325 g/mol. The smallest absolute Gasteiger partial charge is 0.321 e. The van der Waals surface area contributed by atoms with Crippen LogP contribution in [0.5, 0.6) is 0 Å². The van der Waals surface area contributed by atoms with Gasteiger partial charge in [-0.25, -0.2) is 4.79 Å². The Kier molecular flexibility index (Phi) is 5.93. The van der Waals surface area contributed by atoms with Crippen molar-refractivity contribution in [1.82, 2.24) is 15.5 Å². The standard InChI is InChI=1S/C15H23N3O3S/c1-15(2)11-21-8-7-18(15)10-13(19)17-14(20)16-6-5-12-4-3-9-22-12/h3-4,9H,5-8,10-11H2,1-2H3,(H2,16,17,19,20). The quantitative estimate of drug-likeness (QED) is 0.854. The molecule has 1 fully saturated rings. The fourth-order valence-electron chi connectivity index (χ4n) is 2.32. The predicted molar refractivity (Wildman–Crippen MR) is 86.0 cm³/mol. The molecule has 122 valence electrons. The van der Waals surface area contributed by atoms with E-state index >= 15 is 0 Å². The lowest BCUT2D eigenvalue weighted by Crippen LogP contribution is -2.56. The minimum atomic E-state index is -0.437. The van der Waals surface area contributed by atoms with E-state index in [2.05, 4.69) is 10.6 Å². The summed E-state index contributed by atoms with van der Waals surface area (Å²) >= 11 is 1.65. The van der Waals surface area contributed by atoms with Crippen LogP contribution in [0.1, 0.15) is 18.7 Å². The van der Waals surface area contributed by atoms with Gasteiger partial charge >= 0.3 is 6.03 Å². The molecule has 0 bridgehead atoms. The Hall–Kier alpha value is -1.44. The van der Waals surface area contributed by atoms with Gasteiger partial charge in [-0.1, -0.05) is 6.07 Å².